The topological polar surface area (TPSA) is 46.6 Å². The van der Waals surface area contributed by atoms with E-state index < -0.39 is 12.1 Å². The lowest BCUT2D eigenvalue weighted by Crippen LogP contribution is -2.38. The van der Waals surface area contributed by atoms with E-state index in [4.69, 9.17) is 4.74 Å². The van der Waals surface area contributed by atoms with Crippen LogP contribution in [0.3, 0.4) is 0 Å². The van der Waals surface area contributed by atoms with Crippen molar-refractivity contribution < 1.29 is 27.5 Å². The van der Waals surface area contributed by atoms with E-state index in [1.54, 1.807) is 0 Å². The van der Waals surface area contributed by atoms with E-state index in [0.717, 1.165) is 7.05 Å². The molecule has 1 aliphatic rings. The van der Waals surface area contributed by atoms with E-state index in [1.807, 2.05) is 0 Å². The zero-order valence-corrected chi connectivity index (χ0v) is 9.25. The van der Waals surface area contributed by atoms with Gasteiger partial charge in [0.2, 0.25) is 5.78 Å². The Hall–Kier alpha value is -2.05. The lowest BCUT2D eigenvalue weighted by Gasteiger charge is -2.20. The lowest BCUT2D eigenvalue weighted by atomic mass is 10.1. The molecule has 0 bridgehead atoms. The Bertz CT molecular complexity index is 525. The monoisotopic (exact) mass is 259 g/mol. The van der Waals surface area contributed by atoms with Crippen molar-refractivity contribution in [2.45, 2.75) is 6.18 Å². The minimum absolute atomic E-state index is 0.0163. The van der Waals surface area contributed by atoms with Crippen molar-refractivity contribution in [3.05, 3.63) is 23.8 Å². The van der Waals surface area contributed by atoms with Crippen LogP contribution in [-0.4, -0.2) is 31.5 Å². The Morgan fingerprint density at radius 1 is 1.39 bits per heavy atom. The largest absolute Gasteiger partial charge is 0.482 e. The lowest BCUT2D eigenvalue weighted by molar-refractivity contribution is -0.170. The number of anilines is 1. The third kappa shape index (κ3) is 1.92. The molecular formula is C11H8F3NO3. The molecule has 4 nitrogen and oxygen atoms in total. The van der Waals surface area contributed by atoms with Crippen LogP contribution < -0.4 is 9.64 Å². The predicted molar refractivity (Wildman–Crippen MR) is 55.7 cm³/mol. The Balaban J connectivity index is 2.42. The Kier molecular flexibility index (Phi) is 2.76. The molecule has 1 aliphatic heterocycles. The number of halogens is 3. The number of amides is 1. The maximum absolute atomic E-state index is 12.3. The average molecular weight is 259 g/mol. The van der Waals surface area contributed by atoms with Crippen molar-refractivity contribution in [2.24, 2.45) is 0 Å². The van der Waals surface area contributed by atoms with Gasteiger partial charge >= 0.3 is 12.1 Å². The van der Waals surface area contributed by atoms with Crippen LogP contribution in [-0.2, 0) is 4.79 Å². The summed E-state index contributed by atoms with van der Waals surface area (Å²) in [6.07, 6.45) is -4.97. The summed E-state index contributed by atoms with van der Waals surface area (Å²) in [5, 5.41) is 0. The molecule has 0 radical (unpaired) electrons. The molecule has 1 amide bonds. The smallest absolute Gasteiger partial charge is 0.471 e. The Labute approximate surface area is 99.9 Å². The predicted octanol–water partition coefficient (Wildman–Crippen LogP) is 1.79. The molecule has 2 rings (SSSR count). The summed E-state index contributed by atoms with van der Waals surface area (Å²) in [5.41, 5.74) is 0.120. The van der Waals surface area contributed by atoms with E-state index >= 15 is 0 Å². The van der Waals surface area contributed by atoms with Crippen LogP contribution in [0.4, 0.5) is 18.9 Å². The zero-order valence-electron chi connectivity index (χ0n) is 9.25. The van der Waals surface area contributed by atoms with Crippen LogP contribution in [0.2, 0.25) is 0 Å². The molecule has 0 spiro atoms. The van der Waals surface area contributed by atoms with Gasteiger partial charge in [0.25, 0.3) is 0 Å². The molecule has 0 aliphatic carbocycles. The molecule has 18 heavy (non-hydrogen) atoms. The standard InChI is InChI=1S/C11H8F3NO3/c1-15(10(17)11(12,13)14)7-4-2-3-6-8(16)5-18-9(6)7/h2-4H,5H2,1H3. The maximum atomic E-state index is 12.3. The van der Waals surface area contributed by atoms with Gasteiger partial charge in [-0.15, -0.1) is 0 Å². The van der Waals surface area contributed by atoms with Gasteiger partial charge in [-0.2, -0.15) is 13.2 Å². The highest BCUT2D eigenvalue weighted by atomic mass is 19.4. The number of carbonyl (C=O) groups is 2. The van der Waals surface area contributed by atoms with Gasteiger partial charge in [-0.25, -0.2) is 0 Å². The van der Waals surface area contributed by atoms with Gasteiger partial charge in [0, 0.05) is 7.05 Å². The molecule has 0 fully saturated rings. The van der Waals surface area contributed by atoms with E-state index in [9.17, 15) is 22.8 Å². The van der Waals surface area contributed by atoms with E-state index in [1.165, 1.54) is 18.2 Å². The summed E-state index contributed by atoms with van der Waals surface area (Å²) in [4.78, 5) is 22.9. The molecule has 0 N–H and O–H groups in total. The van der Waals surface area contributed by atoms with E-state index in [0.29, 0.717) is 4.90 Å². The second-order valence-corrected chi connectivity index (χ2v) is 3.73. The SMILES string of the molecule is CN(C(=O)C(F)(F)F)c1cccc2c1OCC2=O. The minimum atomic E-state index is -4.97. The quantitative estimate of drug-likeness (QED) is 0.772. The van der Waals surface area contributed by atoms with Crippen LogP contribution in [0.15, 0.2) is 18.2 Å². The number of ketones is 1. The van der Waals surface area contributed by atoms with Gasteiger partial charge in [0.15, 0.2) is 12.4 Å². The van der Waals surface area contributed by atoms with Gasteiger partial charge in [0.1, 0.15) is 0 Å². The summed E-state index contributed by atoms with van der Waals surface area (Å²) >= 11 is 0. The third-order valence-electron chi connectivity index (χ3n) is 2.55. The van der Waals surface area contributed by atoms with Crippen molar-refractivity contribution in [3.63, 3.8) is 0 Å². The number of nitrogens with zero attached hydrogens (tertiary/aromatic N) is 1. The maximum Gasteiger partial charge on any atom is 0.471 e. The van der Waals surface area contributed by atoms with Crippen LogP contribution in [0.1, 0.15) is 10.4 Å². The summed E-state index contributed by atoms with van der Waals surface area (Å²) in [6.45, 7) is -0.222. The van der Waals surface area contributed by atoms with Crippen LogP contribution in [0, 0.1) is 0 Å². The van der Waals surface area contributed by atoms with Gasteiger partial charge < -0.3 is 9.64 Å². The van der Waals surface area contributed by atoms with Crippen molar-refractivity contribution >= 4 is 17.4 Å². The second kappa shape index (κ2) is 4.01. The van der Waals surface area contributed by atoms with Gasteiger partial charge in [0.05, 0.1) is 11.3 Å². The first-order valence-corrected chi connectivity index (χ1v) is 4.96. The fourth-order valence-corrected chi connectivity index (χ4v) is 1.68. The summed E-state index contributed by atoms with van der Waals surface area (Å²) in [7, 11) is 0.984. The molecule has 1 aromatic carbocycles. The number of benzene rings is 1. The average Bonchev–Trinajstić information content (AvgIpc) is 2.68. The van der Waals surface area contributed by atoms with Crippen LogP contribution >= 0.6 is 0 Å². The normalized spacial score (nSPS) is 14.1. The summed E-state index contributed by atoms with van der Waals surface area (Å²) in [5.74, 6) is -2.32. The van der Waals surface area contributed by atoms with Gasteiger partial charge in [-0.3, -0.25) is 9.59 Å². The van der Waals surface area contributed by atoms with Gasteiger partial charge in [-0.05, 0) is 12.1 Å². The highest BCUT2D eigenvalue weighted by Gasteiger charge is 2.43. The molecule has 1 aromatic rings. The van der Waals surface area contributed by atoms with Crippen molar-refractivity contribution in [1.29, 1.82) is 0 Å². The minimum Gasteiger partial charge on any atom is -0.482 e. The molecule has 0 saturated carbocycles. The van der Waals surface area contributed by atoms with Crippen LogP contribution in [0.5, 0.6) is 5.75 Å². The molecule has 96 valence electrons. The summed E-state index contributed by atoms with van der Waals surface area (Å²) < 4.78 is 42.0. The highest BCUT2D eigenvalue weighted by Crippen LogP contribution is 2.36. The van der Waals surface area contributed by atoms with Crippen LogP contribution in [0.25, 0.3) is 0 Å². The van der Waals surface area contributed by atoms with E-state index in [-0.39, 0.29) is 29.4 Å². The summed E-state index contributed by atoms with van der Waals surface area (Å²) in [6, 6.07) is 4.14. The third-order valence-corrected chi connectivity index (χ3v) is 2.55. The Morgan fingerprint density at radius 2 is 2.06 bits per heavy atom. The number of Topliss-reactive ketones (excluding diaryl/α,β-unsaturated/α-hetero) is 1. The fraction of sp³-hybridized carbons (Fsp3) is 0.273. The number of carbonyl (C=O) groups excluding carboxylic acids is 2. The molecule has 1 heterocycles. The first-order valence-electron chi connectivity index (χ1n) is 4.96. The van der Waals surface area contributed by atoms with Crippen molar-refractivity contribution in [3.8, 4) is 5.75 Å². The number of para-hydroxylation sites is 1. The van der Waals surface area contributed by atoms with E-state index in [2.05, 4.69) is 0 Å². The first kappa shape index (κ1) is 12.4. The molecule has 0 atom stereocenters. The molecule has 0 aromatic heterocycles. The van der Waals surface area contributed by atoms with Gasteiger partial charge in [-0.1, -0.05) is 6.07 Å². The molecule has 0 unspecified atom stereocenters. The highest BCUT2D eigenvalue weighted by molar-refractivity contribution is 6.06. The Morgan fingerprint density at radius 3 is 2.67 bits per heavy atom. The number of fused-ring (bicyclic) bond motifs is 1. The van der Waals surface area contributed by atoms with Crippen molar-refractivity contribution in [2.75, 3.05) is 18.6 Å². The first-order chi connectivity index (χ1) is 8.32. The fourth-order valence-electron chi connectivity index (χ4n) is 1.68. The second-order valence-electron chi connectivity index (χ2n) is 3.73. The number of hydrogen-bond acceptors (Lipinski definition) is 3. The number of hydrogen-bond donors (Lipinski definition) is 0. The molecule has 0 saturated heterocycles. The number of rotatable bonds is 1. The molecule has 7 heteroatoms. The number of alkyl halides is 3. The zero-order chi connectivity index (χ0) is 13.5. The van der Waals surface area contributed by atoms with Crippen molar-refractivity contribution in [1.82, 2.24) is 0 Å². The molecular weight excluding hydrogens is 251 g/mol. The number of ether oxygens (including phenoxy) is 1.